The van der Waals surface area contributed by atoms with Gasteiger partial charge in [-0.1, -0.05) is 34.1 Å². The second kappa shape index (κ2) is 4.71. The predicted molar refractivity (Wildman–Crippen MR) is 74.0 cm³/mol. The van der Waals surface area contributed by atoms with Gasteiger partial charge in [-0.05, 0) is 43.5 Å². The minimum Gasteiger partial charge on any atom is -0.316 e. The molecule has 0 saturated carbocycles. The zero-order chi connectivity index (χ0) is 11.8. The first kappa shape index (κ1) is 11.7. The largest absolute Gasteiger partial charge is 0.316 e. The molecule has 1 unspecified atom stereocenters. The highest BCUT2D eigenvalue weighted by Crippen LogP contribution is 2.34. The molecule has 0 radical (unpaired) electrons. The molecule has 2 fully saturated rings. The first-order chi connectivity index (χ1) is 8.25. The molecule has 0 aliphatic carbocycles. The van der Waals surface area contributed by atoms with E-state index in [-0.39, 0.29) is 0 Å². The molecule has 1 aromatic carbocycles. The SMILES string of the molecule is CC(c1ccccc1Br)N1C[C@H]2CNC[C@H]2C1. The van der Waals surface area contributed by atoms with Gasteiger partial charge in [0, 0.05) is 23.6 Å². The molecule has 2 aliphatic rings. The Balaban J connectivity index is 1.75. The zero-order valence-corrected chi connectivity index (χ0v) is 11.8. The van der Waals surface area contributed by atoms with Crippen LogP contribution in [-0.4, -0.2) is 31.1 Å². The molecule has 2 saturated heterocycles. The lowest BCUT2D eigenvalue weighted by atomic mass is 10.0. The van der Waals surface area contributed by atoms with Crippen LogP contribution in [-0.2, 0) is 0 Å². The van der Waals surface area contributed by atoms with E-state index in [4.69, 9.17) is 0 Å². The molecular weight excluding hydrogens is 276 g/mol. The van der Waals surface area contributed by atoms with E-state index >= 15 is 0 Å². The quantitative estimate of drug-likeness (QED) is 0.902. The Morgan fingerprint density at radius 3 is 2.53 bits per heavy atom. The topological polar surface area (TPSA) is 15.3 Å². The summed E-state index contributed by atoms with van der Waals surface area (Å²) in [5.41, 5.74) is 1.42. The number of likely N-dealkylation sites (tertiary alicyclic amines) is 1. The highest BCUT2D eigenvalue weighted by Gasteiger charge is 2.38. The fourth-order valence-corrected chi connectivity index (χ4v) is 3.83. The highest BCUT2D eigenvalue weighted by atomic mass is 79.9. The summed E-state index contributed by atoms with van der Waals surface area (Å²) in [6.07, 6.45) is 0. The fraction of sp³-hybridized carbons (Fsp3) is 0.571. The van der Waals surface area contributed by atoms with Crippen molar-refractivity contribution in [3.8, 4) is 0 Å². The number of halogens is 1. The highest BCUT2D eigenvalue weighted by molar-refractivity contribution is 9.10. The summed E-state index contributed by atoms with van der Waals surface area (Å²) in [5.74, 6) is 1.75. The monoisotopic (exact) mass is 294 g/mol. The molecule has 92 valence electrons. The third-order valence-corrected chi connectivity index (χ3v) is 5.04. The Morgan fingerprint density at radius 1 is 1.24 bits per heavy atom. The lowest BCUT2D eigenvalue weighted by molar-refractivity contribution is 0.243. The second-order valence-corrected chi connectivity index (χ2v) is 6.18. The number of rotatable bonds is 2. The Kier molecular flexibility index (Phi) is 3.24. The number of hydrogen-bond donors (Lipinski definition) is 1. The molecule has 0 spiro atoms. The van der Waals surface area contributed by atoms with Crippen LogP contribution in [0, 0.1) is 11.8 Å². The van der Waals surface area contributed by atoms with Crippen molar-refractivity contribution in [3.05, 3.63) is 34.3 Å². The lowest BCUT2D eigenvalue weighted by Gasteiger charge is -2.26. The number of fused-ring (bicyclic) bond motifs is 1. The van der Waals surface area contributed by atoms with Crippen LogP contribution < -0.4 is 5.32 Å². The van der Waals surface area contributed by atoms with E-state index in [1.54, 1.807) is 0 Å². The van der Waals surface area contributed by atoms with E-state index in [9.17, 15) is 0 Å². The minimum atomic E-state index is 0.524. The van der Waals surface area contributed by atoms with E-state index in [2.05, 4.69) is 57.3 Å². The van der Waals surface area contributed by atoms with Gasteiger partial charge in [0.15, 0.2) is 0 Å². The average Bonchev–Trinajstić information content (AvgIpc) is 2.88. The Hall–Kier alpha value is -0.380. The van der Waals surface area contributed by atoms with Gasteiger partial charge in [0.2, 0.25) is 0 Å². The Morgan fingerprint density at radius 2 is 1.88 bits per heavy atom. The van der Waals surface area contributed by atoms with Gasteiger partial charge < -0.3 is 5.32 Å². The number of nitrogens with one attached hydrogen (secondary N) is 1. The van der Waals surface area contributed by atoms with Crippen molar-refractivity contribution in [2.75, 3.05) is 26.2 Å². The molecule has 3 rings (SSSR count). The lowest BCUT2D eigenvalue weighted by Crippen LogP contribution is -2.28. The van der Waals surface area contributed by atoms with E-state index in [0.29, 0.717) is 6.04 Å². The summed E-state index contributed by atoms with van der Waals surface area (Å²) in [5, 5.41) is 3.50. The minimum absolute atomic E-state index is 0.524. The summed E-state index contributed by atoms with van der Waals surface area (Å²) < 4.78 is 1.24. The molecule has 2 heterocycles. The van der Waals surface area contributed by atoms with Crippen molar-refractivity contribution < 1.29 is 0 Å². The molecular formula is C14H19BrN2. The molecule has 0 bridgehead atoms. The second-order valence-electron chi connectivity index (χ2n) is 5.33. The first-order valence-electron chi connectivity index (χ1n) is 6.45. The maximum absolute atomic E-state index is 3.67. The van der Waals surface area contributed by atoms with E-state index in [1.807, 2.05) is 0 Å². The standard InChI is InChI=1S/C14H19BrN2/c1-10(13-4-2-3-5-14(13)15)17-8-11-6-16-7-12(11)9-17/h2-5,10-12,16H,6-9H2,1H3/t10?,11-,12+. The summed E-state index contributed by atoms with van der Waals surface area (Å²) in [6.45, 7) is 7.25. The van der Waals surface area contributed by atoms with Crippen molar-refractivity contribution >= 4 is 15.9 Å². The predicted octanol–water partition coefficient (Wildman–Crippen LogP) is 2.66. The molecule has 1 N–H and O–H groups in total. The molecule has 17 heavy (non-hydrogen) atoms. The number of hydrogen-bond acceptors (Lipinski definition) is 2. The third kappa shape index (κ3) is 2.16. The summed E-state index contributed by atoms with van der Waals surface area (Å²) in [6, 6.07) is 9.12. The molecule has 2 aliphatic heterocycles. The van der Waals surface area contributed by atoms with Gasteiger partial charge >= 0.3 is 0 Å². The number of nitrogens with zero attached hydrogens (tertiary/aromatic N) is 1. The van der Waals surface area contributed by atoms with Crippen molar-refractivity contribution in [1.82, 2.24) is 10.2 Å². The maximum Gasteiger partial charge on any atom is 0.0331 e. The summed E-state index contributed by atoms with van der Waals surface area (Å²) >= 11 is 3.67. The molecule has 1 aromatic rings. The van der Waals surface area contributed by atoms with Crippen LogP contribution in [0.3, 0.4) is 0 Å². The van der Waals surface area contributed by atoms with Crippen LogP contribution >= 0.6 is 15.9 Å². The molecule has 0 amide bonds. The van der Waals surface area contributed by atoms with E-state index < -0.39 is 0 Å². The fourth-order valence-electron chi connectivity index (χ4n) is 3.22. The van der Waals surface area contributed by atoms with Gasteiger partial charge in [-0.2, -0.15) is 0 Å². The van der Waals surface area contributed by atoms with Crippen molar-refractivity contribution in [3.63, 3.8) is 0 Å². The molecule has 3 heteroatoms. The van der Waals surface area contributed by atoms with E-state index in [0.717, 1.165) is 11.8 Å². The van der Waals surface area contributed by atoms with Gasteiger partial charge in [-0.25, -0.2) is 0 Å². The van der Waals surface area contributed by atoms with Crippen LogP contribution in [0.4, 0.5) is 0 Å². The summed E-state index contributed by atoms with van der Waals surface area (Å²) in [7, 11) is 0. The average molecular weight is 295 g/mol. The Labute approximate surface area is 112 Å². The van der Waals surface area contributed by atoms with Crippen LogP contribution in [0.15, 0.2) is 28.7 Å². The van der Waals surface area contributed by atoms with E-state index in [1.165, 1.54) is 36.2 Å². The normalized spacial score (nSPS) is 30.5. The molecule has 2 nitrogen and oxygen atoms in total. The third-order valence-electron chi connectivity index (χ3n) is 4.32. The Bertz CT molecular complexity index is 395. The van der Waals surface area contributed by atoms with Gasteiger partial charge in [-0.3, -0.25) is 4.90 Å². The molecule has 0 aromatic heterocycles. The van der Waals surface area contributed by atoms with Crippen molar-refractivity contribution in [2.24, 2.45) is 11.8 Å². The molecule has 3 atom stereocenters. The van der Waals surface area contributed by atoms with Gasteiger partial charge in [0.1, 0.15) is 0 Å². The smallest absolute Gasteiger partial charge is 0.0331 e. The van der Waals surface area contributed by atoms with Gasteiger partial charge in [0.05, 0.1) is 0 Å². The van der Waals surface area contributed by atoms with Crippen molar-refractivity contribution in [1.29, 1.82) is 0 Å². The maximum atomic E-state index is 3.67. The van der Waals surface area contributed by atoms with Crippen LogP contribution in [0.5, 0.6) is 0 Å². The summed E-state index contributed by atoms with van der Waals surface area (Å²) in [4.78, 5) is 2.64. The zero-order valence-electron chi connectivity index (χ0n) is 10.2. The van der Waals surface area contributed by atoms with Crippen LogP contribution in [0.1, 0.15) is 18.5 Å². The van der Waals surface area contributed by atoms with Gasteiger partial charge in [0.25, 0.3) is 0 Å². The van der Waals surface area contributed by atoms with Crippen LogP contribution in [0.25, 0.3) is 0 Å². The first-order valence-corrected chi connectivity index (χ1v) is 7.24. The van der Waals surface area contributed by atoms with Crippen LogP contribution in [0.2, 0.25) is 0 Å². The van der Waals surface area contributed by atoms with Crippen molar-refractivity contribution in [2.45, 2.75) is 13.0 Å². The van der Waals surface area contributed by atoms with Gasteiger partial charge in [-0.15, -0.1) is 0 Å². The number of benzene rings is 1.